The Morgan fingerprint density at radius 3 is 2.95 bits per heavy atom. The van der Waals surface area contributed by atoms with Crippen LogP contribution in [0.25, 0.3) is 0 Å². The molecule has 0 bridgehead atoms. The lowest BCUT2D eigenvalue weighted by Gasteiger charge is -2.04. The van der Waals surface area contributed by atoms with E-state index in [1.54, 1.807) is 18.0 Å². The van der Waals surface area contributed by atoms with Gasteiger partial charge in [-0.3, -0.25) is 9.89 Å². The molecule has 0 aliphatic carbocycles. The Balaban J connectivity index is 1.77. The van der Waals surface area contributed by atoms with E-state index in [0.717, 1.165) is 17.1 Å². The molecule has 0 saturated heterocycles. The van der Waals surface area contributed by atoms with Crippen molar-refractivity contribution in [2.75, 3.05) is 11.1 Å². The molecular weight excluding hydrogens is 258 g/mol. The van der Waals surface area contributed by atoms with Gasteiger partial charge in [0.25, 0.3) is 0 Å². The number of H-pyrrole nitrogens is 1. The maximum Gasteiger partial charge on any atom is 0.234 e. The van der Waals surface area contributed by atoms with Crippen LogP contribution < -0.4 is 5.32 Å². The van der Waals surface area contributed by atoms with Crippen molar-refractivity contribution >= 4 is 23.4 Å². The van der Waals surface area contributed by atoms with Gasteiger partial charge < -0.3 is 5.32 Å². The molecule has 0 aliphatic heterocycles. The first-order valence-corrected chi connectivity index (χ1v) is 7.24. The lowest BCUT2D eigenvalue weighted by Crippen LogP contribution is -2.14. The summed E-state index contributed by atoms with van der Waals surface area (Å²) in [5, 5.41) is 9.49. The fourth-order valence-corrected chi connectivity index (χ4v) is 2.50. The first-order chi connectivity index (χ1) is 9.15. The number of aromatic nitrogens is 2. The van der Waals surface area contributed by atoms with Crippen molar-refractivity contribution in [3.8, 4) is 0 Å². The summed E-state index contributed by atoms with van der Waals surface area (Å²) >= 11 is 1.61. The number of anilines is 1. The SMILES string of the molecule is Cc1cccc(CSCC(=O)Nc2cn[nH]c2C)c1. The molecule has 4 nitrogen and oxygen atoms in total. The molecule has 0 fully saturated rings. The van der Waals surface area contributed by atoms with E-state index in [1.807, 2.05) is 13.0 Å². The Labute approximate surface area is 117 Å². The van der Waals surface area contributed by atoms with Crippen LogP contribution in [0.1, 0.15) is 16.8 Å². The van der Waals surface area contributed by atoms with Gasteiger partial charge in [0.2, 0.25) is 5.91 Å². The summed E-state index contributed by atoms with van der Waals surface area (Å²) < 4.78 is 0. The molecule has 2 rings (SSSR count). The molecule has 1 heterocycles. The highest BCUT2D eigenvalue weighted by Gasteiger charge is 2.06. The van der Waals surface area contributed by atoms with Gasteiger partial charge in [-0.15, -0.1) is 11.8 Å². The van der Waals surface area contributed by atoms with Crippen LogP contribution in [0, 0.1) is 13.8 Å². The van der Waals surface area contributed by atoms with E-state index in [1.165, 1.54) is 11.1 Å². The van der Waals surface area contributed by atoms with E-state index in [4.69, 9.17) is 0 Å². The lowest BCUT2D eigenvalue weighted by molar-refractivity contribution is -0.113. The third-order valence-corrected chi connectivity index (χ3v) is 3.69. The van der Waals surface area contributed by atoms with E-state index in [0.29, 0.717) is 5.75 Å². The zero-order valence-corrected chi connectivity index (χ0v) is 11.9. The summed E-state index contributed by atoms with van der Waals surface area (Å²) in [6, 6.07) is 8.34. The third kappa shape index (κ3) is 4.13. The second kappa shape index (κ2) is 6.43. The molecule has 0 aliphatic rings. The quantitative estimate of drug-likeness (QED) is 0.882. The van der Waals surface area contributed by atoms with Crippen LogP contribution in [-0.2, 0) is 10.5 Å². The molecule has 0 radical (unpaired) electrons. The monoisotopic (exact) mass is 275 g/mol. The smallest absolute Gasteiger partial charge is 0.234 e. The second-order valence-electron chi connectivity index (χ2n) is 4.44. The summed E-state index contributed by atoms with van der Waals surface area (Å²) in [7, 11) is 0. The van der Waals surface area contributed by atoms with Crippen molar-refractivity contribution < 1.29 is 4.79 Å². The molecule has 5 heteroatoms. The number of aryl methyl sites for hydroxylation is 2. The van der Waals surface area contributed by atoms with Crippen molar-refractivity contribution in [1.29, 1.82) is 0 Å². The highest BCUT2D eigenvalue weighted by atomic mass is 32.2. The van der Waals surface area contributed by atoms with Gasteiger partial charge in [-0.25, -0.2) is 0 Å². The molecule has 0 atom stereocenters. The first kappa shape index (κ1) is 13.7. The van der Waals surface area contributed by atoms with Crippen LogP contribution in [-0.4, -0.2) is 21.9 Å². The van der Waals surface area contributed by atoms with E-state index in [2.05, 4.69) is 40.6 Å². The Morgan fingerprint density at radius 1 is 1.42 bits per heavy atom. The number of benzene rings is 1. The van der Waals surface area contributed by atoms with E-state index < -0.39 is 0 Å². The van der Waals surface area contributed by atoms with Crippen LogP contribution in [0.15, 0.2) is 30.5 Å². The minimum absolute atomic E-state index is 0.00199. The molecule has 0 spiro atoms. The maximum absolute atomic E-state index is 11.7. The number of rotatable bonds is 5. The average molecular weight is 275 g/mol. The molecule has 0 saturated carbocycles. The van der Waals surface area contributed by atoms with Gasteiger partial charge in [-0.2, -0.15) is 5.10 Å². The summed E-state index contributed by atoms with van der Waals surface area (Å²) in [4.78, 5) is 11.7. The van der Waals surface area contributed by atoms with E-state index in [9.17, 15) is 4.79 Å². The largest absolute Gasteiger partial charge is 0.322 e. The number of nitrogens with zero attached hydrogens (tertiary/aromatic N) is 1. The normalized spacial score (nSPS) is 10.4. The zero-order chi connectivity index (χ0) is 13.7. The molecule has 19 heavy (non-hydrogen) atoms. The molecule has 0 unspecified atom stereocenters. The number of nitrogens with one attached hydrogen (secondary N) is 2. The topological polar surface area (TPSA) is 57.8 Å². The van der Waals surface area contributed by atoms with E-state index >= 15 is 0 Å². The lowest BCUT2D eigenvalue weighted by atomic mass is 10.2. The number of amides is 1. The minimum Gasteiger partial charge on any atom is -0.322 e. The van der Waals surface area contributed by atoms with Crippen LogP contribution in [0.3, 0.4) is 0 Å². The fourth-order valence-electron chi connectivity index (χ4n) is 1.73. The number of hydrogen-bond acceptors (Lipinski definition) is 3. The average Bonchev–Trinajstić information content (AvgIpc) is 2.75. The van der Waals surface area contributed by atoms with Crippen molar-refractivity contribution in [2.45, 2.75) is 19.6 Å². The number of carbonyl (C=O) groups excluding carboxylic acids is 1. The van der Waals surface area contributed by atoms with Gasteiger partial charge in [-0.1, -0.05) is 29.8 Å². The summed E-state index contributed by atoms with van der Waals surface area (Å²) in [5.41, 5.74) is 4.12. The van der Waals surface area contributed by atoms with Crippen molar-refractivity contribution in [3.63, 3.8) is 0 Å². The van der Waals surface area contributed by atoms with Gasteiger partial charge in [-0.05, 0) is 19.4 Å². The molecule has 2 N–H and O–H groups in total. The Morgan fingerprint density at radius 2 is 2.26 bits per heavy atom. The maximum atomic E-state index is 11.7. The highest BCUT2D eigenvalue weighted by molar-refractivity contribution is 7.99. The number of thioether (sulfide) groups is 1. The standard InChI is InChI=1S/C14H17N3OS/c1-10-4-3-5-12(6-10)8-19-9-14(18)16-13-7-15-17-11(13)2/h3-7H,8-9H2,1-2H3,(H,15,17)(H,16,18). The second-order valence-corrected chi connectivity index (χ2v) is 5.42. The van der Waals surface area contributed by atoms with Crippen LogP contribution in [0.5, 0.6) is 0 Å². The Hall–Kier alpha value is -1.75. The highest BCUT2D eigenvalue weighted by Crippen LogP contribution is 2.15. The number of carbonyl (C=O) groups is 1. The summed E-state index contributed by atoms with van der Waals surface area (Å²) in [5.74, 6) is 1.29. The number of aromatic amines is 1. The van der Waals surface area contributed by atoms with Crippen LogP contribution in [0.4, 0.5) is 5.69 Å². The van der Waals surface area contributed by atoms with Crippen LogP contribution in [0.2, 0.25) is 0 Å². The Kier molecular flexibility index (Phi) is 4.63. The van der Waals surface area contributed by atoms with Crippen molar-refractivity contribution in [2.24, 2.45) is 0 Å². The Bertz CT molecular complexity index is 565. The zero-order valence-electron chi connectivity index (χ0n) is 11.1. The van der Waals surface area contributed by atoms with Gasteiger partial charge >= 0.3 is 0 Å². The van der Waals surface area contributed by atoms with Crippen molar-refractivity contribution in [3.05, 3.63) is 47.3 Å². The van der Waals surface area contributed by atoms with Gasteiger partial charge in [0.15, 0.2) is 0 Å². The molecular formula is C14H17N3OS. The predicted molar refractivity (Wildman–Crippen MR) is 79.3 cm³/mol. The molecule has 100 valence electrons. The third-order valence-electron chi connectivity index (χ3n) is 2.69. The minimum atomic E-state index is 0.00199. The fraction of sp³-hybridized carbons (Fsp3) is 0.286. The first-order valence-electron chi connectivity index (χ1n) is 6.08. The predicted octanol–water partition coefficient (Wildman–Crippen LogP) is 2.90. The summed E-state index contributed by atoms with van der Waals surface area (Å²) in [6.07, 6.45) is 1.62. The van der Waals surface area contributed by atoms with Crippen molar-refractivity contribution in [1.82, 2.24) is 10.2 Å². The molecule has 1 amide bonds. The molecule has 1 aromatic carbocycles. The summed E-state index contributed by atoms with van der Waals surface area (Å²) in [6.45, 7) is 3.95. The van der Waals surface area contributed by atoms with Gasteiger partial charge in [0.1, 0.15) is 0 Å². The van der Waals surface area contributed by atoms with Gasteiger partial charge in [0.05, 0.1) is 23.3 Å². The van der Waals surface area contributed by atoms with Gasteiger partial charge in [0, 0.05) is 5.75 Å². The molecule has 1 aromatic heterocycles. The van der Waals surface area contributed by atoms with E-state index in [-0.39, 0.29) is 5.91 Å². The van der Waals surface area contributed by atoms with Crippen LogP contribution >= 0.6 is 11.8 Å². The number of hydrogen-bond donors (Lipinski definition) is 2. The molecule has 2 aromatic rings.